The van der Waals surface area contributed by atoms with Gasteiger partial charge in [-0.2, -0.15) is 0 Å². The number of carboxylic acids is 1. The van der Waals surface area contributed by atoms with Gasteiger partial charge in [-0.15, -0.1) is 0 Å². The molecule has 0 saturated carbocycles. The molecule has 2 aromatic rings. The molecular weight excluding hydrogens is 228 g/mol. The Balaban J connectivity index is 2.27. The summed E-state index contributed by atoms with van der Waals surface area (Å²) in [6.45, 7) is 1.92. The average molecular weight is 242 g/mol. The minimum atomic E-state index is -0.892. The lowest BCUT2D eigenvalue weighted by Crippen LogP contribution is -2.12. The Kier molecular flexibility index (Phi) is 3.57. The minimum Gasteiger partial charge on any atom is -0.480 e. The van der Waals surface area contributed by atoms with Crippen molar-refractivity contribution in [2.24, 2.45) is 0 Å². The third-order valence-electron chi connectivity index (χ3n) is 2.64. The molecule has 4 nitrogen and oxygen atoms in total. The lowest BCUT2D eigenvalue weighted by atomic mass is 10.0. The van der Waals surface area contributed by atoms with Crippen molar-refractivity contribution in [2.75, 3.05) is 11.9 Å². The molecule has 92 valence electrons. The van der Waals surface area contributed by atoms with E-state index in [1.54, 1.807) is 12.4 Å². The van der Waals surface area contributed by atoms with Crippen LogP contribution < -0.4 is 5.32 Å². The van der Waals surface area contributed by atoms with Gasteiger partial charge in [0.1, 0.15) is 6.54 Å². The van der Waals surface area contributed by atoms with Crippen molar-refractivity contribution in [1.29, 1.82) is 0 Å². The molecule has 1 aromatic heterocycles. The molecule has 0 radical (unpaired) electrons. The van der Waals surface area contributed by atoms with Crippen LogP contribution in [-0.2, 0) is 4.79 Å². The molecule has 0 atom stereocenters. The molecule has 0 spiro atoms. The zero-order valence-corrected chi connectivity index (χ0v) is 10.1. The van der Waals surface area contributed by atoms with Crippen molar-refractivity contribution >= 4 is 11.7 Å². The predicted molar refractivity (Wildman–Crippen MR) is 70.5 cm³/mol. The molecule has 1 heterocycles. The van der Waals surface area contributed by atoms with Crippen LogP contribution >= 0.6 is 0 Å². The van der Waals surface area contributed by atoms with Crippen LogP contribution in [0.5, 0.6) is 0 Å². The smallest absolute Gasteiger partial charge is 0.322 e. The van der Waals surface area contributed by atoms with Crippen LogP contribution in [0, 0.1) is 6.92 Å². The zero-order valence-electron chi connectivity index (χ0n) is 10.1. The van der Waals surface area contributed by atoms with Crippen LogP contribution in [0.4, 0.5) is 5.69 Å². The second-order valence-corrected chi connectivity index (χ2v) is 4.02. The molecule has 1 aromatic carbocycles. The standard InChI is InChI=1S/C14H14N2O2/c1-10-4-2-3-5-13(10)11-6-12(8-15-7-11)16-9-14(17)18/h2-8,16H,9H2,1H3,(H,17,18). The molecular formula is C14H14N2O2. The molecule has 0 amide bonds. The van der Waals surface area contributed by atoms with Gasteiger partial charge in [0, 0.05) is 18.0 Å². The van der Waals surface area contributed by atoms with E-state index in [-0.39, 0.29) is 6.54 Å². The van der Waals surface area contributed by atoms with Crippen molar-refractivity contribution in [3.8, 4) is 11.1 Å². The summed E-state index contributed by atoms with van der Waals surface area (Å²) in [5, 5.41) is 11.4. The van der Waals surface area contributed by atoms with Crippen LogP contribution in [0.2, 0.25) is 0 Å². The number of nitrogens with one attached hydrogen (secondary N) is 1. The number of benzene rings is 1. The second-order valence-electron chi connectivity index (χ2n) is 4.02. The Bertz CT molecular complexity index is 567. The van der Waals surface area contributed by atoms with Gasteiger partial charge in [0.2, 0.25) is 0 Å². The van der Waals surface area contributed by atoms with Crippen LogP contribution in [0.25, 0.3) is 11.1 Å². The molecule has 0 aliphatic carbocycles. The van der Waals surface area contributed by atoms with E-state index in [0.717, 1.165) is 16.7 Å². The highest BCUT2D eigenvalue weighted by molar-refractivity contribution is 5.74. The van der Waals surface area contributed by atoms with Crippen LogP contribution in [0.15, 0.2) is 42.7 Å². The summed E-state index contributed by atoms with van der Waals surface area (Å²) >= 11 is 0. The normalized spacial score (nSPS) is 10.1. The van der Waals surface area contributed by atoms with Crippen LogP contribution in [-0.4, -0.2) is 22.6 Å². The number of hydrogen-bond acceptors (Lipinski definition) is 3. The second kappa shape index (κ2) is 5.31. The summed E-state index contributed by atoms with van der Waals surface area (Å²) < 4.78 is 0. The van der Waals surface area contributed by atoms with Crippen molar-refractivity contribution in [2.45, 2.75) is 6.92 Å². The van der Waals surface area contributed by atoms with Crippen molar-refractivity contribution in [1.82, 2.24) is 4.98 Å². The lowest BCUT2D eigenvalue weighted by Gasteiger charge is -2.08. The lowest BCUT2D eigenvalue weighted by molar-refractivity contribution is -0.134. The maximum absolute atomic E-state index is 10.5. The third kappa shape index (κ3) is 2.85. The summed E-state index contributed by atoms with van der Waals surface area (Å²) in [7, 11) is 0. The predicted octanol–water partition coefficient (Wildman–Crippen LogP) is 2.55. The van der Waals surface area contributed by atoms with Gasteiger partial charge in [-0.3, -0.25) is 9.78 Å². The zero-order chi connectivity index (χ0) is 13.0. The van der Waals surface area contributed by atoms with Gasteiger partial charge in [-0.05, 0) is 24.1 Å². The molecule has 0 aliphatic rings. The first-order valence-corrected chi connectivity index (χ1v) is 5.63. The van der Waals surface area contributed by atoms with Crippen LogP contribution in [0.3, 0.4) is 0 Å². The first kappa shape index (κ1) is 12.1. The Morgan fingerprint density at radius 3 is 2.83 bits per heavy atom. The van der Waals surface area contributed by atoms with E-state index in [1.807, 2.05) is 37.3 Å². The van der Waals surface area contributed by atoms with Gasteiger partial charge in [-0.25, -0.2) is 0 Å². The van der Waals surface area contributed by atoms with E-state index in [1.165, 1.54) is 0 Å². The van der Waals surface area contributed by atoms with Crippen molar-refractivity contribution < 1.29 is 9.90 Å². The van der Waals surface area contributed by atoms with Gasteiger partial charge in [-0.1, -0.05) is 24.3 Å². The molecule has 0 saturated heterocycles. The first-order valence-electron chi connectivity index (χ1n) is 5.63. The maximum Gasteiger partial charge on any atom is 0.322 e. The van der Waals surface area contributed by atoms with E-state index in [0.29, 0.717) is 5.69 Å². The van der Waals surface area contributed by atoms with Gasteiger partial charge in [0.05, 0.1) is 5.69 Å². The summed E-state index contributed by atoms with van der Waals surface area (Å²) in [6.07, 6.45) is 3.39. The highest BCUT2D eigenvalue weighted by Crippen LogP contribution is 2.24. The number of aliphatic carboxylic acids is 1. The van der Waals surface area contributed by atoms with Gasteiger partial charge < -0.3 is 10.4 Å². The molecule has 18 heavy (non-hydrogen) atoms. The van der Waals surface area contributed by atoms with Crippen molar-refractivity contribution in [3.63, 3.8) is 0 Å². The van der Waals surface area contributed by atoms with E-state index in [2.05, 4.69) is 10.3 Å². The fraction of sp³-hybridized carbons (Fsp3) is 0.143. The number of pyridine rings is 1. The van der Waals surface area contributed by atoms with Gasteiger partial charge in [0.25, 0.3) is 0 Å². The number of anilines is 1. The molecule has 4 heteroatoms. The number of carbonyl (C=O) groups is 1. The SMILES string of the molecule is Cc1ccccc1-c1cncc(NCC(=O)O)c1. The van der Waals surface area contributed by atoms with Gasteiger partial charge >= 0.3 is 5.97 Å². The summed E-state index contributed by atoms with van der Waals surface area (Å²) in [5.41, 5.74) is 3.94. The van der Waals surface area contributed by atoms with E-state index < -0.39 is 5.97 Å². The molecule has 2 rings (SSSR count). The van der Waals surface area contributed by atoms with Crippen molar-refractivity contribution in [3.05, 3.63) is 48.3 Å². The molecule has 0 unspecified atom stereocenters. The third-order valence-corrected chi connectivity index (χ3v) is 2.64. The Morgan fingerprint density at radius 2 is 2.11 bits per heavy atom. The van der Waals surface area contributed by atoms with E-state index >= 15 is 0 Å². The number of carboxylic acid groups (broad SMARTS) is 1. The minimum absolute atomic E-state index is 0.112. The molecule has 0 fully saturated rings. The number of aromatic nitrogens is 1. The monoisotopic (exact) mass is 242 g/mol. The van der Waals surface area contributed by atoms with Gasteiger partial charge in [0.15, 0.2) is 0 Å². The topological polar surface area (TPSA) is 62.2 Å². The molecule has 0 bridgehead atoms. The Morgan fingerprint density at radius 1 is 1.33 bits per heavy atom. The quantitative estimate of drug-likeness (QED) is 0.865. The van der Waals surface area contributed by atoms with E-state index in [9.17, 15) is 4.79 Å². The number of hydrogen-bond donors (Lipinski definition) is 2. The average Bonchev–Trinajstić information content (AvgIpc) is 2.37. The number of aryl methyl sites for hydroxylation is 1. The fourth-order valence-corrected chi connectivity index (χ4v) is 1.76. The van der Waals surface area contributed by atoms with E-state index in [4.69, 9.17) is 5.11 Å². The first-order chi connectivity index (χ1) is 8.66. The Labute approximate surface area is 105 Å². The number of nitrogens with zero attached hydrogens (tertiary/aromatic N) is 1. The highest BCUT2D eigenvalue weighted by Gasteiger charge is 2.03. The number of rotatable bonds is 4. The fourth-order valence-electron chi connectivity index (χ4n) is 1.76. The maximum atomic E-state index is 10.5. The molecule has 2 N–H and O–H groups in total. The molecule has 0 aliphatic heterocycles. The summed E-state index contributed by atoms with van der Waals surface area (Å²) in [5.74, 6) is -0.892. The largest absolute Gasteiger partial charge is 0.480 e. The summed E-state index contributed by atoms with van der Waals surface area (Å²) in [4.78, 5) is 14.6. The highest BCUT2D eigenvalue weighted by atomic mass is 16.4. The Hall–Kier alpha value is -2.36. The summed E-state index contributed by atoms with van der Waals surface area (Å²) in [6, 6.07) is 9.91. The van der Waals surface area contributed by atoms with Crippen LogP contribution in [0.1, 0.15) is 5.56 Å².